The molecule has 35 heavy (non-hydrogen) atoms. The van der Waals surface area contributed by atoms with Crippen LogP contribution in [0.3, 0.4) is 0 Å². The predicted molar refractivity (Wildman–Crippen MR) is 130 cm³/mol. The number of nitrogens with zero attached hydrogens (tertiary/aromatic N) is 2. The van der Waals surface area contributed by atoms with Gasteiger partial charge in [-0.1, -0.05) is 26.0 Å². The molecule has 0 fully saturated rings. The van der Waals surface area contributed by atoms with Crippen LogP contribution >= 0.6 is 0 Å². The van der Waals surface area contributed by atoms with Gasteiger partial charge in [0, 0.05) is 32.4 Å². The molecule has 0 atom stereocenters. The van der Waals surface area contributed by atoms with E-state index >= 15 is 0 Å². The van der Waals surface area contributed by atoms with E-state index in [0.717, 1.165) is 17.0 Å². The second-order valence-corrected chi connectivity index (χ2v) is 7.99. The number of benzene rings is 2. The van der Waals surface area contributed by atoms with Crippen molar-refractivity contribution in [2.75, 3.05) is 40.2 Å². The summed E-state index contributed by atoms with van der Waals surface area (Å²) in [4.78, 5) is 12.2. The maximum Gasteiger partial charge on any atom is 0.341 e. The lowest BCUT2D eigenvalue weighted by Gasteiger charge is -2.17. The molecule has 0 unspecified atom stereocenters. The van der Waals surface area contributed by atoms with Crippen molar-refractivity contribution in [2.24, 2.45) is 0 Å². The van der Waals surface area contributed by atoms with Crippen LogP contribution in [0.5, 0.6) is 17.2 Å². The Kier molecular flexibility index (Phi) is 8.93. The number of nitrogens with one attached hydrogen (secondary N) is 1. The lowest BCUT2D eigenvalue weighted by Crippen LogP contribution is -2.12. The first-order valence-corrected chi connectivity index (χ1v) is 11.0. The van der Waals surface area contributed by atoms with E-state index in [1.165, 1.54) is 20.3 Å². The molecule has 1 aromatic heterocycles. The number of aromatic nitrogens is 2. The largest absolute Gasteiger partial charge is 0.497 e. The molecule has 0 saturated heterocycles. The number of carboxylic acids is 1. The van der Waals surface area contributed by atoms with Crippen LogP contribution < -0.4 is 19.5 Å². The second kappa shape index (κ2) is 12.1. The molecule has 0 bridgehead atoms. The van der Waals surface area contributed by atoms with Crippen molar-refractivity contribution in [1.82, 2.24) is 9.78 Å². The minimum absolute atomic E-state index is 0.0114. The van der Waals surface area contributed by atoms with Gasteiger partial charge in [-0.15, -0.1) is 0 Å². The lowest BCUT2D eigenvalue weighted by molar-refractivity contribution is 0.0446. The Balaban J connectivity index is 2.03. The molecule has 0 aliphatic heterocycles. The van der Waals surface area contributed by atoms with Crippen molar-refractivity contribution in [2.45, 2.75) is 26.3 Å². The van der Waals surface area contributed by atoms with Gasteiger partial charge in [-0.2, -0.15) is 5.10 Å². The molecule has 10 nitrogen and oxygen atoms in total. The van der Waals surface area contributed by atoms with Gasteiger partial charge in [0.05, 0.1) is 25.0 Å². The fraction of sp³-hybridized carbons (Fsp3) is 0.360. The molecular formula is C25H31N3O7. The summed E-state index contributed by atoms with van der Waals surface area (Å²) >= 11 is 0. The van der Waals surface area contributed by atoms with E-state index < -0.39 is 5.97 Å². The van der Waals surface area contributed by atoms with Crippen LogP contribution in [0.25, 0.3) is 0 Å². The monoisotopic (exact) mass is 485 g/mol. The van der Waals surface area contributed by atoms with Crippen LogP contribution in [-0.2, 0) is 16.0 Å². The summed E-state index contributed by atoms with van der Waals surface area (Å²) in [5, 5.41) is 17.9. The van der Waals surface area contributed by atoms with E-state index in [-0.39, 0.29) is 36.5 Å². The van der Waals surface area contributed by atoms with E-state index in [4.69, 9.17) is 28.8 Å². The van der Waals surface area contributed by atoms with Crippen LogP contribution in [0.15, 0.2) is 42.5 Å². The number of rotatable bonds is 13. The van der Waals surface area contributed by atoms with Gasteiger partial charge in [0.15, 0.2) is 13.6 Å². The van der Waals surface area contributed by atoms with Gasteiger partial charge < -0.3 is 34.1 Å². The molecule has 188 valence electrons. The molecule has 10 heteroatoms. The van der Waals surface area contributed by atoms with Crippen LogP contribution in [0.2, 0.25) is 0 Å². The third-order valence-corrected chi connectivity index (χ3v) is 5.11. The van der Waals surface area contributed by atoms with Crippen molar-refractivity contribution in [3.05, 3.63) is 59.3 Å². The Labute approximate surface area is 204 Å². The quantitative estimate of drug-likeness (QED) is 0.339. The summed E-state index contributed by atoms with van der Waals surface area (Å²) in [5.41, 5.74) is 2.09. The molecule has 3 rings (SSSR count). The standard InChI is InChI=1S/C25H31N3O7/c1-16(2)20-12-23(28(27-20)13-17-6-8-18(33-5)9-7-17)26-21-10-19(34-14-31-3)11-22(35-15-32-4)24(21)25(29)30/h6-12,16,26H,13-15H2,1-5H3,(H,29,30). The summed E-state index contributed by atoms with van der Waals surface area (Å²) in [6.07, 6.45) is 0. The molecular weight excluding hydrogens is 454 g/mol. The average molecular weight is 486 g/mol. The summed E-state index contributed by atoms with van der Waals surface area (Å²) in [7, 11) is 4.57. The Morgan fingerprint density at radius 1 is 1.00 bits per heavy atom. The van der Waals surface area contributed by atoms with Gasteiger partial charge >= 0.3 is 5.97 Å². The summed E-state index contributed by atoms with van der Waals surface area (Å²) in [6, 6.07) is 12.7. The number of hydrogen-bond acceptors (Lipinski definition) is 8. The molecule has 0 aliphatic rings. The van der Waals surface area contributed by atoms with Crippen molar-refractivity contribution in [3.8, 4) is 17.2 Å². The molecule has 3 aromatic rings. The molecule has 0 amide bonds. The zero-order valence-corrected chi connectivity index (χ0v) is 20.5. The van der Waals surface area contributed by atoms with Gasteiger partial charge in [-0.05, 0) is 23.6 Å². The first-order chi connectivity index (χ1) is 16.9. The fourth-order valence-electron chi connectivity index (χ4n) is 3.34. The number of aromatic carboxylic acids is 1. The normalized spacial score (nSPS) is 10.9. The number of carboxylic acid groups (broad SMARTS) is 1. The SMILES string of the molecule is COCOc1cc(Nc2cc(C(C)C)nn2Cc2ccc(OC)cc2)c(C(=O)O)c(OCOC)c1. The Hall–Kier alpha value is -3.76. The van der Waals surface area contributed by atoms with E-state index in [1.54, 1.807) is 17.9 Å². The van der Waals surface area contributed by atoms with Crippen molar-refractivity contribution >= 4 is 17.5 Å². The number of carbonyl (C=O) groups is 1. The maximum absolute atomic E-state index is 12.2. The van der Waals surface area contributed by atoms with Gasteiger partial charge in [-0.3, -0.25) is 0 Å². The summed E-state index contributed by atoms with van der Waals surface area (Å²) in [5.74, 6) is 0.855. The van der Waals surface area contributed by atoms with Gasteiger partial charge in [-0.25, -0.2) is 9.48 Å². The molecule has 2 N–H and O–H groups in total. The van der Waals surface area contributed by atoms with E-state index in [0.29, 0.717) is 18.1 Å². The molecule has 0 radical (unpaired) electrons. The lowest BCUT2D eigenvalue weighted by atomic mass is 10.1. The van der Waals surface area contributed by atoms with Crippen molar-refractivity contribution in [1.29, 1.82) is 0 Å². The Morgan fingerprint density at radius 2 is 1.69 bits per heavy atom. The maximum atomic E-state index is 12.2. The van der Waals surface area contributed by atoms with E-state index in [9.17, 15) is 9.90 Å². The summed E-state index contributed by atoms with van der Waals surface area (Å²) < 4.78 is 28.1. The number of methoxy groups -OCH3 is 3. The first kappa shape index (κ1) is 25.9. The highest BCUT2D eigenvalue weighted by Gasteiger charge is 2.22. The highest BCUT2D eigenvalue weighted by atomic mass is 16.7. The van der Waals surface area contributed by atoms with Crippen LogP contribution in [0.4, 0.5) is 11.5 Å². The molecule has 0 saturated carbocycles. The zero-order valence-electron chi connectivity index (χ0n) is 20.5. The third kappa shape index (κ3) is 6.65. The van der Waals surface area contributed by atoms with Crippen LogP contribution in [0.1, 0.15) is 41.4 Å². The number of anilines is 2. The summed E-state index contributed by atoms with van der Waals surface area (Å²) in [6.45, 7) is 4.42. The van der Waals surface area contributed by atoms with E-state index in [2.05, 4.69) is 5.32 Å². The van der Waals surface area contributed by atoms with Crippen molar-refractivity contribution < 1.29 is 33.6 Å². The van der Waals surface area contributed by atoms with Gasteiger partial charge in [0.25, 0.3) is 0 Å². The average Bonchev–Trinajstić information content (AvgIpc) is 3.23. The van der Waals surface area contributed by atoms with Crippen LogP contribution in [0, 0.1) is 0 Å². The highest BCUT2D eigenvalue weighted by molar-refractivity contribution is 5.98. The predicted octanol–water partition coefficient (Wildman–Crippen LogP) is 4.47. The Morgan fingerprint density at radius 3 is 2.29 bits per heavy atom. The number of hydrogen-bond donors (Lipinski definition) is 2. The van der Waals surface area contributed by atoms with E-state index in [1.807, 2.05) is 44.2 Å². The third-order valence-electron chi connectivity index (χ3n) is 5.11. The minimum Gasteiger partial charge on any atom is -0.497 e. The Bertz CT molecular complexity index is 1130. The molecule has 2 aromatic carbocycles. The first-order valence-electron chi connectivity index (χ1n) is 11.0. The highest BCUT2D eigenvalue weighted by Crippen LogP contribution is 2.35. The number of ether oxygens (including phenoxy) is 5. The molecule has 1 heterocycles. The smallest absolute Gasteiger partial charge is 0.341 e. The molecule has 0 spiro atoms. The fourth-order valence-corrected chi connectivity index (χ4v) is 3.34. The zero-order chi connectivity index (χ0) is 25.4. The van der Waals surface area contributed by atoms with Crippen LogP contribution in [-0.4, -0.2) is 55.8 Å². The molecule has 0 aliphatic carbocycles. The second-order valence-electron chi connectivity index (χ2n) is 7.99. The van der Waals surface area contributed by atoms with Gasteiger partial charge in [0.1, 0.15) is 28.6 Å². The van der Waals surface area contributed by atoms with Crippen molar-refractivity contribution in [3.63, 3.8) is 0 Å². The van der Waals surface area contributed by atoms with Gasteiger partial charge in [0.2, 0.25) is 0 Å². The topological polar surface area (TPSA) is 113 Å². The minimum atomic E-state index is -1.16.